The lowest BCUT2D eigenvalue weighted by Gasteiger charge is -2.35. The number of nitrogens with one attached hydrogen (secondary N) is 1. The van der Waals surface area contributed by atoms with Crippen LogP contribution in [0.3, 0.4) is 0 Å². The van der Waals surface area contributed by atoms with E-state index >= 15 is 0 Å². The Kier molecular flexibility index (Phi) is 7.50. The van der Waals surface area contributed by atoms with E-state index in [0.717, 1.165) is 6.04 Å². The van der Waals surface area contributed by atoms with E-state index in [4.69, 9.17) is 19.8 Å². The molecule has 116 valence electrons. The maximum absolute atomic E-state index is 9.10. The Bertz CT molecular complexity index is 299. The van der Waals surface area contributed by atoms with E-state index in [9.17, 15) is 0 Å². The first-order chi connectivity index (χ1) is 9.52. The molecule has 0 saturated carbocycles. The lowest BCUT2D eigenvalue weighted by Crippen LogP contribution is -2.49. The molecule has 0 radical (unpaired) electrons. The Balaban J connectivity index is 0.000000286. The van der Waals surface area contributed by atoms with Gasteiger partial charge in [-0.15, -0.1) is 0 Å². The molecule has 2 saturated heterocycles. The van der Waals surface area contributed by atoms with Crippen molar-refractivity contribution in [3.05, 3.63) is 0 Å². The third-order valence-corrected chi connectivity index (χ3v) is 3.74. The molecule has 0 bridgehead atoms. The monoisotopic (exact) mass is 287 g/mol. The number of likely N-dealkylation sites (N-methyl/N-ethyl adjacent to an activating group) is 1. The van der Waals surface area contributed by atoms with Crippen LogP contribution in [-0.2, 0) is 9.59 Å². The van der Waals surface area contributed by atoms with Gasteiger partial charge in [0.1, 0.15) is 0 Å². The highest BCUT2D eigenvalue weighted by atomic mass is 16.4. The van der Waals surface area contributed by atoms with Crippen molar-refractivity contribution in [2.75, 3.05) is 45.8 Å². The van der Waals surface area contributed by atoms with Crippen LogP contribution in [-0.4, -0.2) is 83.8 Å². The molecule has 2 heterocycles. The Morgan fingerprint density at radius 1 is 1.10 bits per heavy atom. The first-order valence-electron chi connectivity index (χ1n) is 7.17. The summed E-state index contributed by atoms with van der Waals surface area (Å²) in [5, 5.41) is 18.4. The van der Waals surface area contributed by atoms with E-state index < -0.39 is 11.9 Å². The Hall–Kier alpha value is -1.18. The van der Waals surface area contributed by atoms with Gasteiger partial charge in [0, 0.05) is 38.8 Å². The third kappa shape index (κ3) is 6.31. The topological polar surface area (TPSA) is 93.1 Å². The van der Waals surface area contributed by atoms with Crippen LogP contribution in [0.15, 0.2) is 0 Å². The van der Waals surface area contributed by atoms with Gasteiger partial charge in [0.2, 0.25) is 0 Å². The van der Waals surface area contributed by atoms with Crippen LogP contribution in [0.5, 0.6) is 0 Å². The molecule has 0 aliphatic carbocycles. The molecule has 2 aliphatic heterocycles. The van der Waals surface area contributed by atoms with Crippen molar-refractivity contribution < 1.29 is 19.8 Å². The van der Waals surface area contributed by atoms with E-state index in [1.54, 1.807) is 0 Å². The van der Waals surface area contributed by atoms with Crippen molar-refractivity contribution in [1.82, 2.24) is 15.1 Å². The number of rotatable bonds is 3. The fourth-order valence-electron chi connectivity index (χ4n) is 2.51. The van der Waals surface area contributed by atoms with E-state index in [1.165, 1.54) is 58.7 Å². The van der Waals surface area contributed by atoms with Gasteiger partial charge in [-0.3, -0.25) is 4.90 Å². The molecule has 1 unspecified atom stereocenters. The normalized spacial score (nSPS) is 23.9. The number of carboxylic acid groups (broad SMARTS) is 2. The predicted octanol–water partition coefficient (Wildman–Crippen LogP) is -0.468. The van der Waals surface area contributed by atoms with Crippen LogP contribution in [0.4, 0.5) is 0 Å². The van der Waals surface area contributed by atoms with Crippen LogP contribution in [0.2, 0.25) is 0 Å². The number of piperazine rings is 1. The number of carboxylic acids is 2. The van der Waals surface area contributed by atoms with Gasteiger partial charge < -0.3 is 20.4 Å². The first kappa shape index (κ1) is 16.9. The van der Waals surface area contributed by atoms with Crippen LogP contribution in [0, 0.1) is 0 Å². The summed E-state index contributed by atoms with van der Waals surface area (Å²) in [6.07, 6.45) is 2.76. The van der Waals surface area contributed by atoms with Crippen molar-refractivity contribution >= 4 is 11.9 Å². The molecule has 1 atom stereocenters. The van der Waals surface area contributed by atoms with Crippen molar-refractivity contribution in [3.8, 4) is 0 Å². The second-order valence-electron chi connectivity index (χ2n) is 5.14. The summed E-state index contributed by atoms with van der Waals surface area (Å²) < 4.78 is 0. The standard InChI is InChI=1S/C11H23N3.C2H2O4/c1-2-13-6-8-14(9-7-13)10-11-4-3-5-12-11;3-1(4)2(5)6/h11-12H,2-10H2,1H3;(H,3,4)(H,5,6). The largest absolute Gasteiger partial charge is 0.473 e. The Labute approximate surface area is 119 Å². The molecule has 2 rings (SSSR count). The molecule has 0 amide bonds. The zero-order valence-electron chi connectivity index (χ0n) is 12.0. The lowest BCUT2D eigenvalue weighted by atomic mass is 10.2. The van der Waals surface area contributed by atoms with Gasteiger partial charge in [0.25, 0.3) is 0 Å². The number of carbonyl (C=O) groups is 2. The molecule has 0 aromatic heterocycles. The summed E-state index contributed by atoms with van der Waals surface area (Å²) in [4.78, 5) is 23.4. The van der Waals surface area contributed by atoms with Gasteiger partial charge in [-0.05, 0) is 25.9 Å². The summed E-state index contributed by atoms with van der Waals surface area (Å²) in [6, 6.07) is 0.781. The molecule has 0 spiro atoms. The first-order valence-corrected chi connectivity index (χ1v) is 7.17. The molecular formula is C13H25N3O4. The highest BCUT2D eigenvalue weighted by Gasteiger charge is 2.20. The molecule has 7 heteroatoms. The van der Waals surface area contributed by atoms with Gasteiger partial charge in [-0.2, -0.15) is 0 Å². The quantitative estimate of drug-likeness (QED) is 0.604. The van der Waals surface area contributed by atoms with Crippen LogP contribution >= 0.6 is 0 Å². The third-order valence-electron chi connectivity index (χ3n) is 3.74. The average Bonchev–Trinajstić information content (AvgIpc) is 2.93. The van der Waals surface area contributed by atoms with E-state index in [0.29, 0.717) is 0 Å². The molecule has 7 nitrogen and oxygen atoms in total. The SMILES string of the molecule is CCN1CCN(CC2CCCN2)CC1.O=C(O)C(=O)O. The molecule has 2 aliphatic rings. The summed E-state index contributed by atoms with van der Waals surface area (Å²) in [7, 11) is 0. The number of nitrogens with zero attached hydrogens (tertiary/aromatic N) is 2. The highest BCUT2D eigenvalue weighted by molar-refractivity contribution is 6.27. The van der Waals surface area contributed by atoms with Crippen molar-refractivity contribution in [3.63, 3.8) is 0 Å². The Morgan fingerprint density at radius 3 is 2.05 bits per heavy atom. The van der Waals surface area contributed by atoms with Gasteiger partial charge in [-0.1, -0.05) is 6.92 Å². The van der Waals surface area contributed by atoms with Crippen LogP contribution in [0.1, 0.15) is 19.8 Å². The maximum atomic E-state index is 9.10. The highest BCUT2D eigenvalue weighted by Crippen LogP contribution is 2.08. The van der Waals surface area contributed by atoms with Gasteiger partial charge in [0.15, 0.2) is 0 Å². The molecule has 0 aromatic carbocycles. The van der Waals surface area contributed by atoms with E-state index in [1.807, 2.05) is 0 Å². The minimum absolute atomic E-state index is 0.781. The van der Waals surface area contributed by atoms with Crippen molar-refractivity contribution in [2.24, 2.45) is 0 Å². The van der Waals surface area contributed by atoms with Crippen molar-refractivity contribution in [1.29, 1.82) is 0 Å². The number of hydrogen-bond donors (Lipinski definition) is 3. The number of hydrogen-bond acceptors (Lipinski definition) is 5. The van der Waals surface area contributed by atoms with Crippen molar-refractivity contribution in [2.45, 2.75) is 25.8 Å². The average molecular weight is 287 g/mol. The Morgan fingerprint density at radius 2 is 1.65 bits per heavy atom. The van der Waals surface area contributed by atoms with Crippen LogP contribution in [0.25, 0.3) is 0 Å². The lowest BCUT2D eigenvalue weighted by molar-refractivity contribution is -0.159. The van der Waals surface area contributed by atoms with Gasteiger partial charge in [-0.25, -0.2) is 9.59 Å². The summed E-state index contributed by atoms with van der Waals surface area (Å²) in [6.45, 7) is 11.1. The number of aliphatic carboxylic acids is 2. The molecule has 3 N–H and O–H groups in total. The zero-order valence-corrected chi connectivity index (χ0v) is 12.0. The molecule has 20 heavy (non-hydrogen) atoms. The maximum Gasteiger partial charge on any atom is 0.414 e. The predicted molar refractivity (Wildman–Crippen MR) is 74.9 cm³/mol. The minimum Gasteiger partial charge on any atom is -0.473 e. The van der Waals surface area contributed by atoms with Crippen LogP contribution < -0.4 is 5.32 Å². The molecule has 0 aromatic rings. The zero-order chi connectivity index (χ0) is 15.0. The summed E-state index contributed by atoms with van der Waals surface area (Å²) >= 11 is 0. The van der Waals surface area contributed by atoms with Gasteiger partial charge in [0.05, 0.1) is 0 Å². The summed E-state index contributed by atoms with van der Waals surface area (Å²) in [5.74, 6) is -3.65. The molecule has 2 fully saturated rings. The summed E-state index contributed by atoms with van der Waals surface area (Å²) in [5.41, 5.74) is 0. The van der Waals surface area contributed by atoms with E-state index in [-0.39, 0.29) is 0 Å². The fourth-order valence-corrected chi connectivity index (χ4v) is 2.51. The fraction of sp³-hybridized carbons (Fsp3) is 0.846. The second-order valence-corrected chi connectivity index (χ2v) is 5.14. The smallest absolute Gasteiger partial charge is 0.414 e. The second kappa shape index (κ2) is 8.89. The molecular weight excluding hydrogens is 262 g/mol. The van der Waals surface area contributed by atoms with E-state index in [2.05, 4.69) is 22.0 Å². The minimum atomic E-state index is -1.82. The van der Waals surface area contributed by atoms with Gasteiger partial charge >= 0.3 is 11.9 Å².